The molecule has 1 N–H and O–H groups in total. The molecule has 2 aromatic rings. The molecule has 1 aromatic heterocycles. The van der Waals surface area contributed by atoms with Gasteiger partial charge in [0.1, 0.15) is 11.5 Å². The summed E-state index contributed by atoms with van der Waals surface area (Å²) in [4.78, 5) is 4.29. The van der Waals surface area contributed by atoms with Gasteiger partial charge in [-0.25, -0.2) is 17.5 Å². The Morgan fingerprint density at radius 2 is 1.96 bits per heavy atom. The molecular formula is C19H23FN2O2S. The van der Waals surface area contributed by atoms with Gasteiger partial charge in [-0.3, -0.25) is 4.98 Å². The van der Waals surface area contributed by atoms with Crippen molar-refractivity contribution in [2.45, 2.75) is 43.4 Å². The Kier molecular flexibility index (Phi) is 5.49. The summed E-state index contributed by atoms with van der Waals surface area (Å²) in [5.41, 5.74) is 1.74. The highest BCUT2D eigenvalue weighted by Gasteiger charge is 2.21. The fraction of sp³-hybridized carbons (Fsp3) is 0.421. The van der Waals surface area contributed by atoms with Gasteiger partial charge in [-0.1, -0.05) is 38.2 Å². The molecule has 1 saturated carbocycles. The maximum absolute atomic E-state index is 14.3. The quantitative estimate of drug-likeness (QED) is 0.877. The topological polar surface area (TPSA) is 59.1 Å². The van der Waals surface area contributed by atoms with Crippen LogP contribution >= 0.6 is 0 Å². The molecule has 1 aliphatic carbocycles. The minimum Gasteiger partial charge on any atom is -0.253 e. The van der Waals surface area contributed by atoms with E-state index >= 15 is 0 Å². The van der Waals surface area contributed by atoms with Gasteiger partial charge >= 0.3 is 0 Å². The minimum atomic E-state index is -3.59. The van der Waals surface area contributed by atoms with E-state index in [1.54, 1.807) is 6.07 Å². The van der Waals surface area contributed by atoms with Gasteiger partial charge in [0.25, 0.3) is 0 Å². The fourth-order valence-electron chi connectivity index (χ4n) is 3.53. The monoisotopic (exact) mass is 362 g/mol. The van der Waals surface area contributed by atoms with Crippen LogP contribution in [0.4, 0.5) is 4.39 Å². The van der Waals surface area contributed by atoms with E-state index < -0.39 is 15.8 Å². The van der Waals surface area contributed by atoms with Crippen LogP contribution in [0.3, 0.4) is 0 Å². The average molecular weight is 362 g/mol. The van der Waals surface area contributed by atoms with E-state index in [1.807, 2.05) is 6.07 Å². The maximum Gasteiger partial charge on any atom is 0.240 e. The van der Waals surface area contributed by atoms with Crippen molar-refractivity contribution < 1.29 is 12.8 Å². The highest BCUT2D eigenvalue weighted by atomic mass is 32.2. The van der Waals surface area contributed by atoms with E-state index in [4.69, 9.17) is 0 Å². The molecule has 25 heavy (non-hydrogen) atoms. The number of sulfonamides is 1. The third-order valence-electron chi connectivity index (χ3n) is 4.91. The Bertz CT molecular complexity index is 846. The Hall–Kier alpha value is -1.79. The van der Waals surface area contributed by atoms with E-state index in [9.17, 15) is 12.8 Å². The second-order valence-electron chi connectivity index (χ2n) is 6.57. The summed E-state index contributed by atoms with van der Waals surface area (Å²) in [6, 6.07) is 7.83. The predicted octanol–water partition coefficient (Wildman–Crippen LogP) is 3.92. The van der Waals surface area contributed by atoms with Crippen LogP contribution in [0.2, 0.25) is 0 Å². The lowest BCUT2D eigenvalue weighted by Crippen LogP contribution is -2.19. The SMILES string of the molecule is CNS(=O)(=O)c1ccc(CC2CCCCC2)c(-c2ncccc2F)c1. The van der Waals surface area contributed by atoms with Crippen molar-refractivity contribution in [3.05, 3.63) is 47.9 Å². The van der Waals surface area contributed by atoms with Crippen LogP contribution in [0, 0.1) is 11.7 Å². The van der Waals surface area contributed by atoms with Crippen LogP contribution in [0.5, 0.6) is 0 Å². The second-order valence-corrected chi connectivity index (χ2v) is 8.46. The first-order valence-corrected chi connectivity index (χ1v) is 10.2. The second kappa shape index (κ2) is 7.62. The van der Waals surface area contributed by atoms with E-state index in [-0.39, 0.29) is 10.6 Å². The molecule has 0 bridgehead atoms. The molecule has 0 spiro atoms. The smallest absolute Gasteiger partial charge is 0.240 e. The third kappa shape index (κ3) is 4.07. The number of nitrogens with zero attached hydrogens (tertiary/aromatic N) is 1. The van der Waals surface area contributed by atoms with Crippen molar-refractivity contribution >= 4 is 10.0 Å². The van der Waals surface area contributed by atoms with Crippen molar-refractivity contribution in [1.29, 1.82) is 0 Å². The van der Waals surface area contributed by atoms with Crippen molar-refractivity contribution in [2.24, 2.45) is 5.92 Å². The summed E-state index contributed by atoms with van der Waals surface area (Å²) >= 11 is 0. The van der Waals surface area contributed by atoms with E-state index in [0.29, 0.717) is 11.5 Å². The molecule has 1 fully saturated rings. The number of hydrogen-bond donors (Lipinski definition) is 1. The molecular weight excluding hydrogens is 339 g/mol. The van der Waals surface area contributed by atoms with Crippen LogP contribution < -0.4 is 4.72 Å². The minimum absolute atomic E-state index is 0.127. The van der Waals surface area contributed by atoms with Gasteiger partial charge in [0, 0.05) is 11.8 Å². The normalized spacial score (nSPS) is 16.1. The summed E-state index contributed by atoms with van der Waals surface area (Å²) in [6.45, 7) is 0. The molecule has 3 rings (SSSR count). The van der Waals surface area contributed by atoms with Crippen LogP contribution in [0.1, 0.15) is 37.7 Å². The van der Waals surface area contributed by atoms with Crippen LogP contribution in [-0.4, -0.2) is 20.4 Å². The molecule has 1 aromatic carbocycles. The highest BCUT2D eigenvalue weighted by Crippen LogP contribution is 2.33. The zero-order valence-corrected chi connectivity index (χ0v) is 15.2. The molecule has 0 saturated heterocycles. The molecule has 0 amide bonds. The number of rotatable bonds is 5. The van der Waals surface area contributed by atoms with Gasteiger partial charge in [-0.2, -0.15) is 0 Å². The number of pyridine rings is 1. The van der Waals surface area contributed by atoms with Gasteiger partial charge in [0.2, 0.25) is 10.0 Å². The standard InChI is InChI=1S/C19H23FN2O2S/c1-21-25(23,24)16-10-9-15(12-14-6-3-2-4-7-14)17(13-16)19-18(20)8-5-11-22-19/h5,8-11,13-14,21H,2-4,6-7,12H2,1H3. The summed E-state index contributed by atoms with van der Waals surface area (Å²) in [7, 11) is -2.22. The molecule has 1 aliphatic rings. The number of benzene rings is 1. The first-order valence-electron chi connectivity index (χ1n) is 8.68. The van der Waals surface area contributed by atoms with E-state index in [2.05, 4.69) is 9.71 Å². The number of nitrogens with one attached hydrogen (secondary N) is 1. The van der Waals surface area contributed by atoms with E-state index in [1.165, 1.54) is 63.5 Å². The zero-order valence-electron chi connectivity index (χ0n) is 14.3. The lowest BCUT2D eigenvalue weighted by atomic mass is 9.83. The molecule has 6 heteroatoms. The summed E-state index contributed by atoms with van der Waals surface area (Å²) < 4.78 is 40.9. The molecule has 0 atom stereocenters. The molecule has 134 valence electrons. The lowest BCUT2D eigenvalue weighted by molar-refractivity contribution is 0.357. The molecule has 0 aliphatic heterocycles. The number of hydrogen-bond acceptors (Lipinski definition) is 3. The Labute approximate surface area is 148 Å². The van der Waals surface area contributed by atoms with Crippen molar-refractivity contribution in [3.8, 4) is 11.3 Å². The Morgan fingerprint density at radius 3 is 2.64 bits per heavy atom. The predicted molar refractivity (Wildman–Crippen MR) is 96.2 cm³/mol. The first kappa shape index (κ1) is 18.0. The van der Waals surface area contributed by atoms with Crippen molar-refractivity contribution in [1.82, 2.24) is 9.71 Å². The van der Waals surface area contributed by atoms with Gasteiger partial charge in [-0.05, 0) is 49.2 Å². The Morgan fingerprint density at radius 1 is 1.20 bits per heavy atom. The van der Waals surface area contributed by atoms with Crippen LogP contribution in [-0.2, 0) is 16.4 Å². The van der Waals surface area contributed by atoms with Crippen LogP contribution in [0.15, 0.2) is 41.4 Å². The van der Waals surface area contributed by atoms with Gasteiger partial charge in [-0.15, -0.1) is 0 Å². The van der Waals surface area contributed by atoms with Crippen LogP contribution in [0.25, 0.3) is 11.3 Å². The maximum atomic E-state index is 14.3. The average Bonchev–Trinajstić information content (AvgIpc) is 2.63. The summed E-state index contributed by atoms with van der Waals surface area (Å²) in [5.74, 6) is 0.123. The van der Waals surface area contributed by atoms with E-state index in [0.717, 1.165) is 12.0 Å². The van der Waals surface area contributed by atoms with Gasteiger partial charge < -0.3 is 0 Å². The first-order chi connectivity index (χ1) is 12.0. The van der Waals surface area contributed by atoms with Crippen molar-refractivity contribution in [2.75, 3.05) is 7.05 Å². The third-order valence-corrected chi connectivity index (χ3v) is 6.32. The lowest BCUT2D eigenvalue weighted by Gasteiger charge is -2.23. The highest BCUT2D eigenvalue weighted by molar-refractivity contribution is 7.89. The number of halogens is 1. The molecule has 0 unspecified atom stereocenters. The molecule has 1 heterocycles. The van der Waals surface area contributed by atoms with Gasteiger partial charge in [0.15, 0.2) is 0 Å². The largest absolute Gasteiger partial charge is 0.253 e. The zero-order chi connectivity index (χ0) is 17.9. The molecule has 0 radical (unpaired) electrons. The fourth-order valence-corrected chi connectivity index (χ4v) is 4.28. The Balaban J connectivity index is 2.06. The molecule has 4 nitrogen and oxygen atoms in total. The number of aromatic nitrogens is 1. The summed E-state index contributed by atoms with van der Waals surface area (Å²) in [5, 5.41) is 0. The van der Waals surface area contributed by atoms with Crippen molar-refractivity contribution in [3.63, 3.8) is 0 Å². The summed E-state index contributed by atoms with van der Waals surface area (Å²) in [6.07, 6.45) is 8.42. The van der Waals surface area contributed by atoms with Gasteiger partial charge in [0.05, 0.1) is 4.90 Å².